The van der Waals surface area contributed by atoms with E-state index in [1.54, 1.807) is 0 Å². The molecule has 0 radical (unpaired) electrons. The van der Waals surface area contributed by atoms with Gasteiger partial charge >= 0.3 is 0 Å². The van der Waals surface area contributed by atoms with Crippen molar-refractivity contribution in [3.8, 4) is 0 Å². The molecule has 0 spiro atoms. The molecule has 0 aliphatic rings. The molecule has 0 aliphatic heterocycles. The minimum absolute atomic E-state index is 0.124. The van der Waals surface area contributed by atoms with Gasteiger partial charge in [-0.2, -0.15) is 0 Å². The maximum atomic E-state index is 10.6. The number of carboxylic acid groups (broad SMARTS) is 1. The number of carbonyl (C=O) groups excluding carboxylic acids is 2. The zero-order valence-electron chi connectivity index (χ0n) is 14.7. The summed E-state index contributed by atoms with van der Waals surface area (Å²) in [5, 5.41) is 29.2. The molecule has 5 nitrogen and oxygen atoms in total. The number of unbranched alkanes of at least 4 members (excludes halogenated alkanes) is 1. The molecule has 0 saturated heterocycles. The van der Waals surface area contributed by atoms with E-state index in [4.69, 9.17) is 5.11 Å². The van der Waals surface area contributed by atoms with Crippen LogP contribution in [0.15, 0.2) is 0 Å². The van der Waals surface area contributed by atoms with E-state index in [1.165, 1.54) is 0 Å². The third-order valence-electron chi connectivity index (χ3n) is 4.45. The van der Waals surface area contributed by atoms with Gasteiger partial charge in [0, 0.05) is 5.97 Å². The van der Waals surface area contributed by atoms with Gasteiger partial charge in [0.05, 0.1) is 18.6 Å². The van der Waals surface area contributed by atoms with Crippen molar-refractivity contribution in [1.29, 1.82) is 0 Å². The van der Waals surface area contributed by atoms with Crippen molar-refractivity contribution in [3.63, 3.8) is 0 Å². The summed E-state index contributed by atoms with van der Waals surface area (Å²) in [6.07, 6.45) is 5.36. The van der Waals surface area contributed by atoms with Crippen LogP contribution in [-0.4, -0.2) is 35.2 Å². The molecule has 0 saturated carbocycles. The third kappa shape index (κ3) is 11.3. The molecule has 5 atom stereocenters. The summed E-state index contributed by atoms with van der Waals surface area (Å²) >= 11 is 0. The summed E-state index contributed by atoms with van der Waals surface area (Å²) < 4.78 is 0. The smallest absolute Gasteiger partial charge is 0.127 e. The van der Waals surface area contributed by atoms with Gasteiger partial charge < -0.3 is 24.9 Å². The number of aliphatic hydroxyl groups is 2. The number of rotatable bonds is 14. The van der Waals surface area contributed by atoms with Gasteiger partial charge in [-0.1, -0.05) is 40.0 Å². The molecule has 2 N–H and O–H groups in total. The Morgan fingerprint density at radius 2 is 1.61 bits per heavy atom. The Hall–Kier alpha value is -0.940. The number of carbonyl (C=O) groups is 2. The van der Waals surface area contributed by atoms with Crippen LogP contribution in [-0.2, 0) is 9.59 Å². The minimum atomic E-state index is -0.979. The lowest BCUT2D eigenvalue weighted by Gasteiger charge is -2.21. The van der Waals surface area contributed by atoms with Crippen molar-refractivity contribution >= 4 is 12.3 Å². The Kier molecular flexibility index (Phi) is 12.0. The highest BCUT2D eigenvalue weighted by Gasteiger charge is 2.17. The Labute approximate surface area is 140 Å². The van der Waals surface area contributed by atoms with Crippen molar-refractivity contribution in [1.82, 2.24) is 0 Å². The molecule has 0 aliphatic carbocycles. The van der Waals surface area contributed by atoms with Gasteiger partial charge in [0.25, 0.3) is 0 Å². The number of aldehydes is 1. The van der Waals surface area contributed by atoms with E-state index in [0.717, 1.165) is 32.1 Å². The van der Waals surface area contributed by atoms with E-state index in [-0.39, 0.29) is 18.9 Å². The standard InChI is InChI=1S/C18H34O5/c1-13(8-14(2)9-15(3)10-18(22)23)6-4-5-7-17(21)16(11-19)12-20/h11,13-17,20-21H,4-10,12H2,1-3H3,(H,22,23)/p-1/t13-,14-,15?,16-,17-/m1/s1. The summed E-state index contributed by atoms with van der Waals surface area (Å²) in [5.41, 5.74) is 0. The Balaban J connectivity index is 3.83. The van der Waals surface area contributed by atoms with Crippen LogP contribution in [0.4, 0.5) is 0 Å². The van der Waals surface area contributed by atoms with Crippen LogP contribution in [0.3, 0.4) is 0 Å². The molecule has 23 heavy (non-hydrogen) atoms. The monoisotopic (exact) mass is 329 g/mol. The molecular formula is C18H33O5-. The second-order valence-corrected chi connectivity index (χ2v) is 7.20. The largest absolute Gasteiger partial charge is 0.550 e. The second kappa shape index (κ2) is 12.5. The lowest BCUT2D eigenvalue weighted by molar-refractivity contribution is -0.306. The number of carboxylic acids is 1. The van der Waals surface area contributed by atoms with E-state index < -0.39 is 18.0 Å². The highest BCUT2D eigenvalue weighted by Crippen LogP contribution is 2.24. The Bertz CT molecular complexity index is 331. The Morgan fingerprint density at radius 1 is 1.04 bits per heavy atom. The van der Waals surface area contributed by atoms with Crippen LogP contribution in [0.5, 0.6) is 0 Å². The fourth-order valence-corrected chi connectivity index (χ4v) is 3.27. The summed E-state index contributed by atoms with van der Waals surface area (Å²) in [7, 11) is 0. The van der Waals surface area contributed by atoms with Crippen LogP contribution in [0, 0.1) is 23.7 Å². The minimum Gasteiger partial charge on any atom is -0.550 e. The lowest BCUT2D eigenvalue weighted by atomic mass is 9.86. The van der Waals surface area contributed by atoms with E-state index in [1.807, 2.05) is 6.92 Å². The summed E-state index contributed by atoms with van der Waals surface area (Å²) in [4.78, 5) is 21.2. The van der Waals surface area contributed by atoms with Gasteiger partial charge in [0.2, 0.25) is 0 Å². The molecule has 0 aromatic heterocycles. The highest BCUT2D eigenvalue weighted by atomic mass is 16.4. The van der Waals surface area contributed by atoms with E-state index in [2.05, 4.69) is 13.8 Å². The quantitative estimate of drug-likeness (QED) is 0.372. The average Bonchev–Trinajstić information content (AvgIpc) is 2.43. The van der Waals surface area contributed by atoms with E-state index in [0.29, 0.717) is 24.5 Å². The van der Waals surface area contributed by atoms with E-state index in [9.17, 15) is 19.8 Å². The van der Waals surface area contributed by atoms with Crippen molar-refractivity contribution in [3.05, 3.63) is 0 Å². The van der Waals surface area contributed by atoms with Crippen LogP contribution in [0.1, 0.15) is 65.7 Å². The average molecular weight is 329 g/mol. The first-order valence-electron chi connectivity index (χ1n) is 8.74. The van der Waals surface area contributed by atoms with Gasteiger partial charge in [0.1, 0.15) is 6.29 Å². The zero-order valence-corrected chi connectivity index (χ0v) is 14.7. The fourth-order valence-electron chi connectivity index (χ4n) is 3.27. The Morgan fingerprint density at radius 3 is 2.13 bits per heavy atom. The second-order valence-electron chi connectivity index (χ2n) is 7.20. The molecule has 0 aromatic carbocycles. The molecule has 1 unspecified atom stereocenters. The maximum Gasteiger partial charge on any atom is 0.127 e. The molecule has 136 valence electrons. The van der Waals surface area contributed by atoms with Crippen molar-refractivity contribution in [2.45, 2.75) is 71.8 Å². The molecule has 0 bridgehead atoms. The molecule has 0 heterocycles. The molecule has 0 fully saturated rings. The molecule has 0 amide bonds. The zero-order chi connectivity index (χ0) is 17.8. The van der Waals surface area contributed by atoms with Gasteiger partial charge in [0.15, 0.2) is 0 Å². The first kappa shape index (κ1) is 22.1. The van der Waals surface area contributed by atoms with E-state index >= 15 is 0 Å². The number of aliphatic carboxylic acids is 1. The number of hydrogen-bond acceptors (Lipinski definition) is 5. The maximum absolute atomic E-state index is 10.6. The summed E-state index contributed by atoms with van der Waals surface area (Å²) in [6.45, 7) is 5.99. The fraction of sp³-hybridized carbons (Fsp3) is 0.889. The van der Waals surface area contributed by atoms with Crippen molar-refractivity contribution < 1.29 is 24.9 Å². The SMILES string of the molecule is CC(CC(=O)[O-])C[C@H](C)C[C@H](C)CCCC[C@@H](O)[C@H](C=O)CO. The molecule has 0 aromatic rings. The van der Waals surface area contributed by atoms with Gasteiger partial charge in [-0.25, -0.2) is 0 Å². The highest BCUT2D eigenvalue weighted by molar-refractivity contribution is 5.64. The predicted molar refractivity (Wildman–Crippen MR) is 87.5 cm³/mol. The summed E-state index contributed by atoms with van der Waals surface area (Å²) in [5.74, 6) is -0.461. The van der Waals surface area contributed by atoms with Crippen LogP contribution < -0.4 is 5.11 Å². The first-order valence-corrected chi connectivity index (χ1v) is 8.74. The van der Waals surface area contributed by atoms with Gasteiger partial charge in [-0.05, 0) is 43.4 Å². The normalized spacial score (nSPS) is 18.0. The topological polar surface area (TPSA) is 97.7 Å². The van der Waals surface area contributed by atoms with Gasteiger partial charge in [-0.3, -0.25) is 0 Å². The van der Waals surface area contributed by atoms with Crippen LogP contribution in [0.25, 0.3) is 0 Å². The number of aliphatic hydroxyl groups excluding tert-OH is 2. The van der Waals surface area contributed by atoms with Crippen molar-refractivity contribution in [2.24, 2.45) is 23.7 Å². The predicted octanol–water partition coefficient (Wildman–Crippen LogP) is 1.54. The van der Waals surface area contributed by atoms with Crippen LogP contribution in [0.2, 0.25) is 0 Å². The summed E-state index contributed by atoms with van der Waals surface area (Å²) in [6, 6.07) is 0. The third-order valence-corrected chi connectivity index (χ3v) is 4.45. The first-order chi connectivity index (χ1) is 10.8. The number of hydrogen-bond donors (Lipinski definition) is 2. The molecule has 0 rings (SSSR count). The lowest BCUT2D eigenvalue weighted by Crippen LogP contribution is -2.25. The molecular weight excluding hydrogens is 296 g/mol. The van der Waals surface area contributed by atoms with Crippen LogP contribution >= 0.6 is 0 Å². The molecule has 5 heteroatoms. The van der Waals surface area contributed by atoms with Crippen molar-refractivity contribution in [2.75, 3.05) is 6.61 Å². The van der Waals surface area contributed by atoms with Gasteiger partial charge in [-0.15, -0.1) is 0 Å².